The van der Waals surface area contributed by atoms with Crippen LogP contribution in [0.4, 0.5) is 4.39 Å². The summed E-state index contributed by atoms with van der Waals surface area (Å²) in [5, 5.41) is 0. The van der Waals surface area contributed by atoms with Gasteiger partial charge in [-0.1, -0.05) is 34.8 Å². The minimum absolute atomic E-state index is 0. The highest BCUT2D eigenvalue weighted by atomic mass is 79.9. The van der Waals surface area contributed by atoms with Crippen molar-refractivity contribution >= 4 is 28.3 Å². The zero-order valence-corrected chi connectivity index (χ0v) is 10.7. The predicted octanol–water partition coefficient (Wildman–Crippen LogP) is 3.81. The first-order chi connectivity index (χ1) is 6.68. The fraction of sp³-hybridized carbons (Fsp3) is 0.455. The molecule has 84 valence electrons. The molecular formula is C11H14BrClFN. The van der Waals surface area contributed by atoms with E-state index < -0.39 is 0 Å². The monoisotopic (exact) mass is 293 g/mol. The molecule has 0 aromatic heterocycles. The molecule has 1 fully saturated rings. The molecule has 1 aromatic rings. The van der Waals surface area contributed by atoms with Gasteiger partial charge in [-0.3, -0.25) is 0 Å². The second-order valence-electron chi connectivity index (χ2n) is 3.92. The van der Waals surface area contributed by atoms with Crippen LogP contribution in [0.1, 0.15) is 30.9 Å². The molecule has 0 saturated heterocycles. The average molecular weight is 295 g/mol. The Kier molecular flexibility index (Phi) is 4.56. The van der Waals surface area contributed by atoms with E-state index in [2.05, 4.69) is 15.9 Å². The zero-order valence-electron chi connectivity index (χ0n) is 8.25. The van der Waals surface area contributed by atoms with Gasteiger partial charge in [0.1, 0.15) is 5.82 Å². The van der Waals surface area contributed by atoms with Crippen LogP contribution < -0.4 is 5.73 Å². The van der Waals surface area contributed by atoms with E-state index in [1.807, 2.05) is 6.07 Å². The van der Waals surface area contributed by atoms with Crippen molar-refractivity contribution in [3.8, 4) is 0 Å². The smallest absolute Gasteiger partial charge is 0.129 e. The summed E-state index contributed by atoms with van der Waals surface area (Å²) in [6.07, 6.45) is 3.40. The number of hydrogen-bond acceptors (Lipinski definition) is 1. The lowest BCUT2D eigenvalue weighted by Crippen LogP contribution is -2.13. The molecule has 2 rings (SSSR count). The minimum Gasteiger partial charge on any atom is -0.324 e. The first-order valence-electron chi connectivity index (χ1n) is 4.88. The first kappa shape index (κ1) is 12.9. The fourth-order valence-corrected chi connectivity index (χ4v) is 2.33. The highest BCUT2D eigenvalue weighted by molar-refractivity contribution is 9.10. The average Bonchev–Trinajstić information content (AvgIpc) is 2.87. The van der Waals surface area contributed by atoms with Crippen LogP contribution in [-0.4, -0.2) is 0 Å². The Labute approximate surface area is 104 Å². The van der Waals surface area contributed by atoms with E-state index in [1.54, 1.807) is 6.07 Å². The Hall–Kier alpha value is -0.120. The molecule has 1 aliphatic rings. The molecule has 0 bridgehead atoms. The van der Waals surface area contributed by atoms with Crippen LogP contribution in [0, 0.1) is 11.7 Å². The topological polar surface area (TPSA) is 26.0 Å². The van der Waals surface area contributed by atoms with E-state index in [0.29, 0.717) is 5.56 Å². The lowest BCUT2D eigenvalue weighted by atomic mass is 10.0. The molecule has 1 saturated carbocycles. The Morgan fingerprint density at radius 2 is 2.13 bits per heavy atom. The Bertz CT molecular complexity index is 321. The number of rotatable bonds is 3. The van der Waals surface area contributed by atoms with E-state index in [0.717, 1.165) is 16.8 Å². The number of halogens is 3. The third-order valence-corrected chi connectivity index (χ3v) is 3.35. The van der Waals surface area contributed by atoms with Crippen molar-refractivity contribution in [2.24, 2.45) is 11.7 Å². The second kappa shape index (κ2) is 5.28. The van der Waals surface area contributed by atoms with Crippen LogP contribution in [0.15, 0.2) is 22.7 Å². The minimum atomic E-state index is -0.201. The summed E-state index contributed by atoms with van der Waals surface area (Å²) >= 11 is 3.34. The van der Waals surface area contributed by atoms with Gasteiger partial charge in [0, 0.05) is 16.1 Å². The van der Waals surface area contributed by atoms with Crippen molar-refractivity contribution in [3.05, 3.63) is 34.1 Å². The molecule has 1 aliphatic carbocycles. The third-order valence-electron chi connectivity index (χ3n) is 2.65. The summed E-state index contributed by atoms with van der Waals surface area (Å²) in [5.74, 6) is 0.518. The van der Waals surface area contributed by atoms with E-state index in [4.69, 9.17) is 5.73 Å². The van der Waals surface area contributed by atoms with Crippen molar-refractivity contribution < 1.29 is 4.39 Å². The maximum absolute atomic E-state index is 13.5. The number of benzene rings is 1. The molecule has 4 heteroatoms. The fourth-order valence-electron chi connectivity index (χ4n) is 1.70. The largest absolute Gasteiger partial charge is 0.324 e. The first-order valence-corrected chi connectivity index (χ1v) is 5.67. The van der Waals surface area contributed by atoms with Gasteiger partial charge in [-0.15, -0.1) is 12.4 Å². The highest BCUT2D eigenvalue weighted by Crippen LogP contribution is 2.38. The van der Waals surface area contributed by atoms with Crippen LogP contribution >= 0.6 is 28.3 Å². The van der Waals surface area contributed by atoms with Gasteiger partial charge in [-0.25, -0.2) is 4.39 Å². The molecule has 0 radical (unpaired) electrons. The quantitative estimate of drug-likeness (QED) is 0.901. The maximum atomic E-state index is 13.5. The molecule has 0 amide bonds. The molecular weight excluding hydrogens is 280 g/mol. The Morgan fingerprint density at radius 3 is 2.67 bits per heavy atom. The second-order valence-corrected chi connectivity index (χ2v) is 4.78. The van der Waals surface area contributed by atoms with E-state index in [9.17, 15) is 4.39 Å². The summed E-state index contributed by atoms with van der Waals surface area (Å²) in [6.45, 7) is 0. The SMILES string of the molecule is Cl.N[C@@H](CC1CC1)c1c(F)cccc1Br. The summed E-state index contributed by atoms with van der Waals surface area (Å²) < 4.78 is 14.2. The van der Waals surface area contributed by atoms with Crippen LogP contribution in [-0.2, 0) is 0 Å². The molecule has 1 nitrogen and oxygen atoms in total. The third kappa shape index (κ3) is 3.16. The van der Waals surface area contributed by atoms with E-state index in [1.165, 1.54) is 18.9 Å². The van der Waals surface area contributed by atoms with Crippen molar-refractivity contribution in [1.29, 1.82) is 0 Å². The van der Waals surface area contributed by atoms with Crippen LogP contribution in [0.25, 0.3) is 0 Å². The van der Waals surface area contributed by atoms with Gasteiger partial charge in [0.25, 0.3) is 0 Å². The molecule has 1 aromatic carbocycles. The highest BCUT2D eigenvalue weighted by Gasteiger charge is 2.26. The van der Waals surface area contributed by atoms with Crippen molar-refractivity contribution in [2.45, 2.75) is 25.3 Å². The van der Waals surface area contributed by atoms with Gasteiger partial charge < -0.3 is 5.73 Å². The molecule has 1 atom stereocenters. The normalized spacial score (nSPS) is 17.0. The van der Waals surface area contributed by atoms with Crippen molar-refractivity contribution in [3.63, 3.8) is 0 Å². The zero-order chi connectivity index (χ0) is 10.1. The molecule has 0 unspecified atom stereocenters. The number of nitrogens with two attached hydrogens (primary N) is 1. The van der Waals surface area contributed by atoms with E-state index >= 15 is 0 Å². The predicted molar refractivity (Wildman–Crippen MR) is 65.6 cm³/mol. The molecule has 0 spiro atoms. The summed E-state index contributed by atoms with van der Waals surface area (Å²) in [4.78, 5) is 0. The van der Waals surface area contributed by atoms with Gasteiger partial charge in [-0.05, 0) is 24.5 Å². The van der Waals surface area contributed by atoms with Gasteiger partial charge in [0.05, 0.1) is 0 Å². The summed E-state index contributed by atoms with van der Waals surface area (Å²) in [5.41, 5.74) is 6.59. The maximum Gasteiger partial charge on any atom is 0.129 e. The molecule has 0 aliphatic heterocycles. The molecule has 0 heterocycles. The van der Waals surface area contributed by atoms with E-state index in [-0.39, 0.29) is 24.3 Å². The summed E-state index contributed by atoms with van der Waals surface area (Å²) in [7, 11) is 0. The standard InChI is InChI=1S/C11H13BrFN.ClH/c12-8-2-1-3-9(13)11(8)10(14)6-7-4-5-7;/h1-3,7,10H,4-6,14H2;1H/t10-;/m0./s1. The lowest BCUT2D eigenvalue weighted by Gasteiger charge is -2.14. The lowest BCUT2D eigenvalue weighted by molar-refractivity contribution is 0.540. The molecule has 2 N–H and O–H groups in total. The summed E-state index contributed by atoms with van der Waals surface area (Å²) in [6, 6.07) is 4.82. The van der Waals surface area contributed by atoms with Crippen LogP contribution in [0.5, 0.6) is 0 Å². The van der Waals surface area contributed by atoms with Crippen molar-refractivity contribution in [2.75, 3.05) is 0 Å². The number of hydrogen-bond donors (Lipinski definition) is 1. The Balaban J connectivity index is 0.00000112. The van der Waals surface area contributed by atoms with Gasteiger partial charge in [0.2, 0.25) is 0 Å². The Morgan fingerprint density at radius 1 is 1.47 bits per heavy atom. The van der Waals surface area contributed by atoms with Crippen molar-refractivity contribution in [1.82, 2.24) is 0 Å². The van der Waals surface area contributed by atoms with Gasteiger partial charge >= 0.3 is 0 Å². The van der Waals surface area contributed by atoms with Crippen LogP contribution in [0.2, 0.25) is 0 Å². The molecule has 15 heavy (non-hydrogen) atoms. The van der Waals surface area contributed by atoms with Gasteiger partial charge in [-0.2, -0.15) is 0 Å². The van der Waals surface area contributed by atoms with Gasteiger partial charge in [0.15, 0.2) is 0 Å². The van der Waals surface area contributed by atoms with Crippen LogP contribution in [0.3, 0.4) is 0 Å².